The Bertz CT molecular complexity index is 803. The molecule has 0 atom stereocenters. The third-order valence-electron chi connectivity index (χ3n) is 3.34. The van der Waals surface area contributed by atoms with Crippen molar-refractivity contribution in [3.8, 4) is 5.88 Å². The molecule has 8 heteroatoms. The van der Waals surface area contributed by atoms with Crippen molar-refractivity contribution in [2.24, 2.45) is 0 Å². The average molecular weight is 367 g/mol. The highest BCUT2D eigenvalue weighted by molar-refractivity contribution is 6.16. The van der Waals surface area contributed by atoms with Crippen LogP contribution in [0.25, 0.3) is 5.57 Å². The number of ether oxygens (including phenoxy) is 3. The van der Waals surface area contributed by atoms with E-state index in [0.717, 1.165) is 6.07 Å². The number of aromatic nitrogens is 1. The molecule has 2 aromatic rings. The van der Waals surface area contributed by atoms with Gasteiger partial charge in [-0.3, -0.25) is 0 Å². The number of carbonyl (C=O) groups is 1. The molecule has 0 saturated heterocycles. The number of hydrogen-bond donors (Lipinski definition) is 0. The van der Waals surface area contributed by atoms with Crippen LogP contribution in [-0.2, 0) is 27.1 Å². The number of esters is 1. The fourth-order valence-corrected chi connectivity index (χ4v) is 2.16. The maximum Gasteiger partial charge on any atom is 0.433 e. The molecular formula is C18H16F3NO4. The van der Waals surface area contributed by atoms with Crippen LogP contribution in [0, 0.1) is 0 Å². The van der Waals surface area contributed by atoms with Gasteiger partial charge in [0.1, 0.15) is 17.9 Å². The topological polar surface area (TPSA) is 57.7 Å². The van der Waals surface area contributed by atoms with Crippen molar-refractivity contribution in [1.82, 2.24) is 4.98 Å². The predicted octanol–water partition coefficient (Wildman–Crippen LogP) is 3.84. The lowest BCUT2D eigenvalue weighted by atomic mass is 10.0. The van der Waals surface area contributed by atoms with Crippen molar-refractivity contribution < 1.29 is 32.2 Å². The van der Waals surface area contributed by atoms with E-state index in [2.05, 4.69) is 4.98 Å². The van der Waals surface area contributed by atoms with Crippen LogP contribution in [-0.4, -0.2) is 25.2 Å². The van der Waals surface area contributed by atoms with E-state index in [0.29, 0.717) is 11.1 Å². The number of halogens is 3. The first-order valence-corrected chi connectivity index (χ1v) is 7.43. The molecule has 0 aliphatic carbocycles. The molecule has 2 rings (SSSR count). The van der Waals surface area contributed by atoms with Crippen LogP contribution >= 0.6 is 0 Å². The Morgan fingerprint density at radius 3 is 2.50 bits per heavy atom. The Balaban J connectivity index is 2.26. The third kappa shape index (κ3) is 4.75. The Hall–Kier alpha value is -3.03. The number of carbonyl (C=O) groups excluding carboxylic acids is 1. The van der Waals surface area contributed by atoms with Crippen LogP contribution in [0.4, 0.5) is 13.2 Å². The summed E-state index contributed by atoms with van der Waals surface area (Å²) in [5.74, 6) is -0.790. The Labute approximate surface area is 148 Å². The first-order chi connectivity index (χ1) is 12.4. The molecule has 1 aromatic heterocycles. The highest BCUT2D eigenvalue weighted by Crippen LogP contribution is 2.29. The van der Waals surface area contributed by atoms with Gasteiger partial charge in [0.15, 0.2) is 0 Å². The molecule has 1 heterocycles. The standard InChI is InChI=1S/C18H16F3NO4/c1-24-11-14(17(23)25-2)13-7-4-3-6-12(13)10-26-16-9-5-8-15(22-16)18(19,20)21/h3-9,11H,10H2,1-2H3/b14-11+. The Kier molecular flexibility index (Phi) is 6.21. The molecule has 0 unspecified atom stereocenters. The van der Waals surface area contributed by atoms with Crippen LogP contribution in [0.5, 0.6) is 5.88 Å². The maximum atomic E-state index is 12.7. The van der Waals surface area contributed by atoms with Gasteiger partial charge in [-0.2, -0.15) is 13.2 Å². The van der Waals surface area contributed by atoms with E-state index >= 15 is 0 Å². The van der Waals surface area contributed by atoms with E-state index in [9.17, 15) is 18.0 Å². The van der Waals surface area contributed by atoms with Crippen molar-refractivity contribution in [3.63, 3.8) is 0 Å². The zero-order valence-electron chi connectivity index (χ0n) is 14.0. The van der Waals surface area contributed by atoms with Gasteiger partial charge in [-0.25, -0.2) is 9.78 Å². The van der Waals surface area contributed by atoms with Crippen LogP contribution in [0.15, 0.2) is 48.7 Å². The van der Waals surface area contributed by atoms with Crippen molar-refractivity contribution in [3.05, 3.63) is 65.5 Å². The third-order valence-corrected chi connectivity index (χ3v) is 3.34. The predicted molar refractivity (Wildman–Crippen MR) is 87.0 cm³/mol. The molecule has 0 N–H and O–H groups in total. The first-order valence-electron chi connectivity index (χ1n) is 7.43. The average Bonchev–Trinajstić information content (AvgIpc) is 2.64. The number of alkyl halides is 3. The SMILES string of the molecule is CO/C=C(/C(=O)OC)c1ccccc1COc1cccc(C(F)(F)F)n1. The van der Waals surface area contributed by atoms with Gasteiger partial charge in [0.05, 0.1) is 20.5 Å². The largest absolute Gasteiger partial charge is 0.503 e. The Morgan fingerprint density at radius 1 is 1.12 bits per heavy atom. The minimum absolute atomic E-state index is 0.0947. The molecule has 0 aliphatic rings. The Morgan fingerprint density at radius 2 is 1.85 bits per heavy atom. The van der Waals surface area contributed by atoms with Crippen LogP contribution in [0.3, 0.4) is 0 Å². The summed E-state index contributed by atoms with van der Waals surface area (Å²) in [4.78, 5) is 15.4. The van der Waals surface area contributed by atoms with Crippen LogP contribution < -0.4 is 4.74 Å². The minimum atomic E-state index is -4.56. The van der Waals surface area contributed by atoms with Crippen molar-refractivity contribution in [1.29, 1.82) is 0 Å². The van der Waals surface area contributed by atoms with Gasteiger partial charge < -0.3 is 14.2 Å². The lowest BCUT2D eigenvalue weighted by Crippen LogP contribution is -2.10. The van der Waals surface area contributed by atoms with Gasteiger partial charge in [0.25, 0.3) is 0 Å². The van der Waals surface area contributed by atoms with Crippen LogP contribution in [0.2, 0.25) is 0 Å². The van der Waals surface area contributed by atoms with Crippen molar-refractivity contribution >= 4 is 11.5 Å². The second-order valence-corrected chi connectivity index (χ2v) is 5.06. The van der Waals surface area contributed by atoms with E-state index < -0.39 is 17.8 Å². The van der Waals surface area contributed by atoms with E-state index in [4.69, 9.17) is 14.2 Å². The van der Waals surface area contributed by atoms with Gasteiger partial charge in [0.2, 0.25) is 5.88 Å². The number of nitrogens with zero attached hydrogens (tertiary/aromatic N) is 1. The summed E-state index contributed by atoms with van der Waals surface area (Å²) in [5.41, 5.74) is 0.151. The quantitative estimate of drug-likeness (QED) is 0.441. The van der Waals surface area contributed by atoms with E-state index in [-0.39, 0.29) is 18.1 Å². The fourth-order valence-electron chi connectivity index (χ4n) is 2.16. The number of benzene rings is 1. The summed E-state index contributed by atoms with van der Waals surface area (Å²) >= 11 is 0. The molecular weight excluding hydrogens is 351 g/mol. The van der Waals surface area contributed by atoms with Crippen LogP contribution in [0.1, 0.15) is 16.8 Å². The molecule has 0 amide bonds. The highest BCUT2D eigenvalue weighted by atomic mass is 19.4. The monoisotopic (exact) mass is 367 g/mol. The number of hydrogen-bond acceptors (Lipinski definition) is 5. The summed E-state index contributed by atoms with van der Waals surface area (Å²) in [6.07, 6.45) is -3.33. The lowest BCUT2D eigenvalue weighted by Gasteiger charge is -2.13. The molecule has 26 heavy (non-hydrogen) atoms. The number of rotatable bonds is 6. The number of pyridine rings is 1. The summed E-state index contributed by atoms with van der Waals surface area (Å²) in [6, 6.07) is 10.1. The molecule has 138 valence electrons. The van der Waals surface area contributed by atoms with Gasteiger partial charge in [-0.05, 0) is 17.2 Å². The normalized spacial score (nSPS) is 11.8. The van der Waals surface area contributed by atoms with Gasteiger partial charge in [0, 0.05) is 6.07 Å². The zero-order valence-corrected chi connectivity index (χ0v) is 14.0. The molecule has 0 bridgehead atoms. The van der Waals surface area contributed by atoms with Gasteiger partial charge >= 0.3 is 12.1 Å². The molecule has 0 spiro atoms. The van der Waals surface area contributed by atoms with E-state index in [1.807, 2.05) is 0 Å². The molecule has 5 nitrogen and oxygen atoms in total. The smallest absolute Gasteiger partial charge is 0.433 e. The summed E-state index contributed by atoms with van der Waals surface area (Å²) in [5, 5.41) is 0. The number of methoxy groups -OCH3 is 2. The first kappa shape index (κ1) is 19.3. The summed E-state index contributed by atoms with van der Waals surface area (Å²) < 4.78 is 53.2. The van der Waals surface area contributed by atoms with Gasteiger partial charge in [-0.15, -0.1) is 0 Å². The molecule has 0 aliphatic heterocycles. The zero-order chi connectivity index (χ0) is 19.2. The molecule has 0 radical (unpaired) electrons. The minimum Gasteiger partial charge on any atom is -0.503 e. The molecule has 0 fully saturated rings. The summed E-state index contributed by atoms with van der Waals surface area (Å²) in [7, 11) is 2.62. The lowest BCUT2D eigenvalue weighted by molar-refractivity contribution is -0.141. The van der Waals surface area contributed by atoms with E-state index in [1.165, 1.54) is 32.6 Å². The molecule has 1 aromatic carbocycles. The van der Waals surface area contributed by atoms with Gasteiger partial charge in [-0.1, -0.05) is 30.3 Å². The fraction of sp³-hybridized carbons (Fsp3) is 0.222. The maximum absolute atomic E-state index is 12.7. The second kappa shape index (κ2) is 8.37. The highest BCUT2D eigenvalue weighted by Gasteiger charge is 2.32. The second-order valence-electron chi connectivity index (χ2n) is 5.06. The van der Waals surface area contributed by atoms with Crippen molar-refractivity contribution in [2.75, 3.05) is 14.2 Å². The van der Waals surface area contributed by atoms with E-state index in [1.54, 1.807) is 24.3 Å². The van der Waals surface area contributed by atoms with Crippen molar-refractivity contribution in [2.45, 2.75) is 12.8 Å². The molecule has 0 saturated carbocycles. The summed E-state index contributed by atoms with van der Waals surface area (Å²) in [6.45, 7) is -0.0947.